The molecule has 0 unspecified atom stereocenters. The highest BCUT2D eigenvalue weighted by Crippen LogP contribution is 2.32. The van der Waals surface area contributed by atoms with E-state index in [1.165, 1.54) is 7.11 Å². The topological polar surface area (TPSA) is 95.3 Å². The van der Waals surface area contributed by atoms with Crippen molar-refractivity contribution in [2.75, 3.05) is 30.4 Å². The second-order valence-corrected chi connectivity index (χ2v) is 7.85. The number of nitrogens with zero attached hydrogens (tertiary/aromatic N) is 3. The second kappa shape index (κ2) is 9.96. The van der Waals surface area contributed by atoms with E-state index in [0.29, 0.717) is 29.9 Å². The third-order valence-corrected chi connectivity index (χ3v) is 5.85. The molecule has 166 valence electrons. The summed E-state index contributed by atoms with van der Waals surface area (Å²) in [4.78, 5) is 32.0. The average Bonchev–Trinajstić information content (AvgIpc) is 2.88. The third-order valence-electron chi connectivity index (χ3n) is 5.85. The molecule has 0 atom stereocenters. The predicted molar refractivity (Wildman–Crippen MR) is 126 cm³/mol. The summed E-state index contributed by atoms with van der Waals surface area (Å²) in [5.74, 6) is 0.00524. The second-order valence-electron chi connectivity index (χ2n) is 7.85. The molecule has 3 aromatic rings. The number of piperidine rings is 1. The fraction of sp³-hybridized carbons (Fsp3) is 0.231. The molecule has 0 radical (unpaired) electrons. The lowest BCUT2D eigenvalue weighted by molar-refractivity contribution is 0.0900. The first-order valence-corrected chi connectivity index (χ1v) is 10.8. The number of pyridine rings is 1. The summed E-state index contributed by atoms with van der Waals surface area (Å²) in [6.07, 6.45) is 2.99. The van der Waals surface area contributed by atoms with Crippen LogP contribution >= 0.6 is 0 Å². The molecule has 2 heterocycles. The number of ketones is 1. The van der Waals surface area contributed by atoms with Crippen LogP contribution in [0.3, 0.4) is 0 Å². The van der Waals surface area contributed by atoms with Crippen LogP contribution in [0.2, 0.25) is 0 Å². The van der Waals surface area contributed by atoms with Crippen molar-refractivity contribution >= 4 is 23.1 Å². The van der Waals surface area contributed by atoms with Crippen molar-refractivity contribution in [3.8, 4) is 11.9 Å². The summed E-state index contributed by atoms with van der Waals surface area (Å²) in [6.45, 7) is 1.35. The Bertz CT molecular complexity index is 1200. The van der Waals surface area contributed by atoms with E-state index in [0.717, 1.165) is 24.1 Å². The molecule has 1 N–H and O–H groups in total. The summed E-state index contributed by atoms with van der Waals surface area (Å²) < 4.78 is 5.20. The van der Waals surface area contributed by atoms with Crippen LogP contribution in [0.1, 0.15) is 39.1 Å². The minimum absolute atomic E-state index is 0.0280. The van der Waals surface area contributed by atoms with Gasteiger partial charge in [0.15, 0.2) is 5.78 Å². The number of hydrogen-bond acceptors (Lipinski definition) is 6. The van der Waals surface area contributed by atoms with Gasteiger partial charge in [-0.25, -0.2) is 4.98 Å². The lowest BCUT2D eigenvalue weighted by Crippen LogP contribution is -2.37. The van der Waals surface area contributed by atoms with Gasteiger partial charge in [-0.15, -0.1) is 0 Å². The Balaban J connectivity index is 1.52. The van der Waals surface area contributed by atoms with Gasteiger partial charge >= 0.3 is 0 Å². The van der Waals surface area contributed by atoms with E-state index in [9.17, 15) is 14.9 Å². The first-order valence-electron chi connectivity index (χ1n) is 10.8. The smallest absolute Gasteiger partial charge is 0.261 e. The number of nitriles is 1. The zero-order valence-corrected chi connectivity index (χ0v) is 18.3. The maximum atomic E-state index is 12.9. The molecule has 0 saturated carbocycles. The molecular weight excluding hydrogens is 416 g/mol. The van der Waals surface area contributed by atoms with Crippen LogP contribution in [0.15, 0.2) is 66.9 Å². The van der Waals surface area contributed by atoms with Gasteiger partial charge in [0.25, 0.3) is 5.91 Å². The molecule has 0 aliphatic carbocycles. The molecule has 1 amide bonds. The number of carbonyl (C=O) groups is 2. The van der Waals surface area contributed by atoms with Gasteiger partial charge in [0.1, 0.15) is 5.56 Å². The van der Waals surface area contributed by atoms with Gasteiger partial charge in [-0.1, -0.05) is 30.3 Å². The van der Waals surface area contributed by atoms with E-state index >= 15 is 0 Å². The van der Waals surface area contributed by atoms with Crippen LogP contribution in [-0.4, -0.2) is 36.9 Å². The SMILES string of the molecule is COc1ncccc1C(=O)Nc1cc(C#N)ccc1N1CCC(C(=O)c2ccccc2)CC1. The summed E-state index contributed by atoms with van der Waals surface area (Å²) >= 11 is 0. The number of amides is 1. The van der Waals surface area contributed by atoms with E-state index < -0.39 is 0 Å². The Morgan fingerprint density at radius 3 is 2.55 bits per heavy atom. The number of benzene rings is 2. The van der Waals surface area contributed by atoms with E-state index in [-0.39, 0.29) is 23.5 Å². The highest BCUT2D eigenvalue weighted by molar-refractivity contribution is 6.07. The van der Waals surface area contributed by atoms with Crippen LogP contribution < -0.4 is 15.0 Å². The van der Waals surface area contributed by atoms with Crippen molar-refractivity contribution in [2.24, 2.45) is 5.92 Å². The zero-order chi connectivity index (χ0) is 23.2. The first kappa shape index (κ1) is 22.0. The fourth-order valence-corrected chi connectivity index (χ4v) is 4.12. The Hall–Kier alpha value is -4.18. The van der Waals surface area contributed by atoms with Crippen LogP contribution in [0, 0.1) is 17.2 Å². The number of methoxy groups -OCH3 is 1. The van der Waals surface area contributed by atoms with E-state index in [1.807, 2.05) is 36.4 Å². The van der Waals surface area contributed by atoms with Gasteiger partial charge < -0.3 is 15.0 Å². The number of Topliss-reactive ketones (excluding diaryl/α,β-unsaturated/α-hetero) is 1. The molecule has 1 aliphatic rings. The number of carbonyl (C=O) groups excluding carboxylic acids is 2. The van der Waals surface area contributed by atoms with Crippen LogP contribution in [0.25, 0.3) is 0 Å². The average molecular weight is 441 g/mol. The van der Waals surface area contributed by atoms with Gasteiger partial charge in [0.2, 0.25) is 5.88 Å². The van der Waals surface area contributed by atoms with Gasteiger partial charge in [-0.3, -0.25) is 9.59 Å². The zero-order valence-electron chi connectivity index (χ0n) is 18.3. The maximum Gasteiger partial charge on any atom is 0.261 e. The molecule has 1 saturated heterocycles. The van der Waals surface area contributed by atoms with E-state index in [2.05, 4.69) is 21.3 Å². The van der Waals surface area contributed by atoms with Crippen molar-refractivity contribution in [3.05, 3.63) is 83.6 Å². The number of aromatic nitrogens is 1. The summed E-state index contributed by atoms with van der Waals surface area (Å²) in [5, 5.41) is 12.3. The first-order chi connectivity index (χ1) is 16.1. The minimum Gasteiger partial charge on any atom is -0.480 e. The fourth-order valence-electron chi connectivity index (χ4n) is 4.12. The molecule has 1 aromatic heterocycles. The van der Waals surface area contributed by atoms with Crippen LogP contribution in [0.4, 0.5) is 11.4 Å². The summed E-state index contributed by atoms with van der Waals surface area (Å²) in [7, 11) is 1.46. The number of rotatable bonds is 6. The van der Waals surface area contributed by atoms with Crippen LogP contribution in [0.5, 0.6) is 5.88 Å². The van der Waals surface area contributed by atoms with Crippen molar-refractivity contribution in [2.45, 2.75) is 12.8 Å². The molecule has 2 aromatic carbocycles. The van der Waals surface area contributed by atoms with Crippen molar-refractivity contribution in [3.63, 3.8) is 0 Å². The normalized spacial score (nSPS) is 13.8. The molecule has 0 bridgehead atoms. The van der Waals surface area contributed by atoms with Crippen molar-refractivity contribution in [1.82, 2.24) is 4.98 Å². The number of nitrogens with one attached hydrogen (secondary N) is 1. The van der Waals surface area contributed by atoms with E-state index in [4.69, 9.17) is 4.74 Å². The number of ether oxygens (including phenoxy) is 1. The molecular formula is C26H24N4O3. The Morgan fingerprint density at radius 1 is 1.09 bits per heavy atom. The molecule has 1 aliphatic heterocycles. The van der Waals surface area contributed by atoms with Gasteiger partial charge in [0, 0.05) is 30.8 Å². The highest BCUT2D eigenvalue weighted by atomic mass is 16.5. The number of anilines is 2. The van der Waals surface area contributed by atoms with Crippen molar-refractivity contribution in [1.29, 1.82) is 5.26 Å². The van der Waals surface area contributed by atoms with Gasteiger partial charge in [-0.2, -0.15) is 5.26 Å². The lowest BCUT2D eigenvalue weighted by atomic mass is 9.88. The largest absolute Gasteiger partial charge is 0.480 e. The van der Waals surface area contributed by atoms with Crippen LogP contribution in [-0.2, 0) is 0 Å². The standard InChI is InChI=1S/C26H24N4O3/c1-33-26-21(8-5-13-28-26)25(32)29-22-16-18(17-27)9-10-23(22)30-14-11-20(12-15-30)24(31)19-6-3-2-4-7-19/h2-10,13,16,20H,11-12,14-15H2,1H3,(H,29,32). The molecule has 0 spiro atoms. The monoisotopic (exact) mass is 440 g/mol. The summed E-state index contributed by atoms with van der Waals surface area (Å²) in [5.41, 5.74) is 2.85. The van der Waals surface area contributed by atoms with Gasteiger partial charge in [-0.05, 0) is 43.2 Å². The Morgan fingerprint density at radius 2 is 1.85 bits per heavy atom. The maximum absolute atomic E-state index is 12.9. The van der Waals surface area contributed by atoms with Crippen molar-refractivity contribution < 1.29 is 14.3 Å². The molecule has 7 heteroatoms. The molecule has 1 fully saturated rings. The Kier molecular flexibility index (Phi) is 6.65. The third kappa shape index (κ3) is 4.85. The quantitative estimate of drug-likeness (QED) is 0.574. The van der Waals surface area contributed by atoms with E-state index in [1.54, 1.807) is 30.5 Å². The number of hydrogen-bond donors (Lipinski definition) is 1. The highest BCUT2D eigenvalue weighted by Gasteiger charge is 2.27. The minimum atomic E-state index is -0.370. The predicted octanol–water partition coefficient (Wildman–Crippen LogP) is 4.31. The molecule has 7 nitrogen and oxygen atoms in total. The van der Waals surface area contributed by atoms with Gasteiger partial charge in [0.05, 0.1) is 30.1 Å². The molecule has 4 rings (SSSR count). The Labute approximate surface area is 192 Å². The summed E-state index contributed by atoms with van der Waals surface area (Å²) in [6, 6.07) is 20.0. The molecule has 33 heavy (non-hydrogen) atoms. The lowest BCUT2D eigenvalue weighted by Gasteiger charge is -2.34.